The van der Waals surface area contributed by atoms with E-state index in [-0.39, 0.29) is 18.2 Å². The van der Waals surface area contributed by atoms with Crippen molar-refractivity contribution in [2.75, 3.05) is 13.2 Å². The van der Waals surface area contributed by atoms with E-state index in [9.17, 15) is 9.59 Å². The van der Waals surface area contributed by atoms with Crippen molar-refractivity contribution in [3.63, 3.8) is 0 Å². The molecule has 0 unspecified atom stereocenters. The first-order valence-electron chi connectivity index (χ1n) is 11.0. The minimum atomic E-state index is -1.25. The van der Waals surface area contributed by atoms with Crippen molar-refractivity contribution >= 4 is 30.5 Å². The largest absolute Gasteiger partial charge is 0.361 e. The molecule has 32 heavy (non-hydrogen) atoms. The first-order chi connectivity index (χ1) is 15.1. The predicted molar refractivity (Wildman–Crippen MR) is 134 cm³/mol. The molecule has 0 atom stereocenters. The van der Waals surface area contributed by atoms with Crippen molar-refractivity contribution in [3.05, 3.63) is 76.3 Å². The zero-order valence-electron chi connectivity index (χ0n) is 19.7. The Morgan fingerprint density at radius 3 is 2.50 bits per heavy atom. The van der Waals surface area contributed by atoms with Gasteiger partial charge in [-0.3, -0.25) is 9.59 Å². The van der Waals surface area contributed by atoms with Crippen LogP contribution in [0.15, 0.2) is 54.0 Å². The molecule has 0 radical (unpaired) electrons. The molecule has 1 amide bonds. The summed E-state index contributed by atoms with van der Waals surface area (Å²) in [5.41, 5.74) is 3.28. The van der Waals surface area contributed by atoms with Crippen LogP contribution in [0.4, 0.5) is 0 Å². The van der Waals surface area contributed by atoms with E-state index in [1.807, 2.05) is 37.3 Å². The second kappa shape index (κ2) is 9.71. The van der Waals surface area contributed by atoms with Crippen LogP contribution in [0.2, 0.25) is 25.7 Å². The average Bonchev–Trinajstić information content (AvgIpc) is 3.13. The molecule has 170 valence electrons. The third-order valence-electron chi connectivity index (χ3n) is 5.47. The Bertz CT molecular complexity index is 1190. The van der Waals surface area contributed by atoms with Gasteiger partial charge in [0.1, 0.15) is 17.9 Å². The van der Waals surface area contributed by atoms with Crippen molar-refractivity contribution in [2.24, 2.45) is 7.05 Å². The minimum Gasteiger partial charge on any atom is -0.361 e. The lowest BCUT2D eigenvalue weighted by Crippen LogP contribution is -2.28. The van der Waals surface area contributed by atoms with Gasteiger partial charge in [0.25, 0.3) is 11.5 Å². The fourth-order valence-electron chi connectivity index (χ4n) is 3.62. The molecule has 0 aliphatic rings. The van der Waals surface area contributed by atoms with E-state index >= 15 is 0 Å². The number of carbonyl (C=O) groups excluding carboxylic acids is 1. The van der Waals surface area contributed by atoms with E-state index in [2.05, 4.69) is 31.5 Å². The van der Waals surface area contributed by atoms with Crippen LogP contribution in [0, 0.1) is 0 Å². The number of hydrogen-bond acceptors (Lipinski definition) is 3. The van der Waals surface area contributed by atoms with Crippen LogP contribution in [0.3, 0.4) is 0 Å². The molecule has 0 bridgehead atoms. The number of ether oxygens (including phenoxy) is 1. The molecule has 7 heteroatoms. The number of aryl methyl sites for hydroxylation is 1. The summed E-state index contributed by atoms with van der Waals surface area (Å²) in [5, 5.41) is 3.56. The topological polar surface area (TPSA) is 65.3 Å². The van der Waals surface area contributed by atoms with Crippen LogP contribution >= 0.6 is 0 Å². The molecular weight excluding hydrogens is 418 g/mol. The summed E-state index contributed by atoms with van der Waals surface area (Å²) in [7, 11) is 0.468. The number of pyridine rings is 1. The molecule has 0 fully saturated rings. The zero-order valence-corrected chi connectivity index (χ0v) is 20.7. The van der Waals surface area contributed by atoms with Crippen molar-refractivity contribution in [1.82, 2.24) is 14.5 Å². The lowest BCUT2D eigenvalue weighted by atomic mass is 9.98. The molecule has 0 aliphatic heterocycles. The maximum Gasteiger partial charge on any atom is 0.274 e. The minimum absolute atomic E-state index is 0.150. The summed E-state index contributed by atoms with van der Waals surface area (Å²) in [5.74, 6) is -0.226. The molecule has 6 nitrogen and oxygen atoms in total. The molecule has 0 spiro atoms. The van der Waals surface area contributed by atoms with Crippen molar-refractivity contribution in [2.45, 2.75) is 39.3 Å². The quantitative estimate of drug-likeness (QED) is 0.386. The molecule has 2 heterocycles. The molecule has 1 aromatic carbocycles. The third kappa shape index (κ3) is 5.11. The number of aromatic nitrogens is 2. The van der Waals surface area contributed by atoms with Gasteiger partial charge >= 0.3 is 0 Å². The Labute approximate surface area is 190 Å². The molecule has 0 saturated carbocycles. The lowest BCUT2D eigenvalue weighted by molar-refractivity contribution is 0.0811. The Kier molecular flexibility index (Phi) is 7.21. The standard InChI is InChI=1S/C25H33N3O3Si/c1-7-26-24(29)22-15-20-21(18(2)19-11-9-8-10-12-19)16-27(3)25(30)23(20)28(22)17-31-13-14-32(4,5)6/h8-12,15-16H,2,7,13-14,17H2,1,3-6H3,(H,26,29). The number of rotatable bonds is 9. The smallest absolute Gasteiger partial charge is 0.274 e. The van der Waals surface area contributed by atoms with Gasteiger partial charge in [0.15, 0.2) is 0 Å². The summed E-state index contributed by atoms with van der Waals surface area (Å²) in [6.45, 7) is 14.3. The van der Waals surface area contributed by atoms with Crippen molar-refractivity contribution in [1.29, 1.82) is 0 Å². The molecule has 0 saturated heterocycles. The number of carbonyl (C=O) groups is 1. The van der Waals surface area contributed by atoms with Crippen molar-refractivity contribution in [3.8, 4) is 0 Å². The van der Waals surface area contributed by atoms with E-state index in [0.717, 1.165) is 22.7 Å². The van der Waals surface area contributed by atoms with Gasteiger partial charge in [-0.1, -0.05) is 56.6 Å². The van der Waals surface area contributed by atoms with Crippen LogP contribution in [0.1, 0.15) is 28.5 Å². The summed E-state index contributed by atoms with van der Waals surface area (Å²) >= 11 is 0. The van der Waals surface area contributed by atoms with Gasteiger partial charge in [-0.15, -0.1) is 0 Å². The van der Waals surface area contributed by atoms with Crippen LogP contribution < -0.4 is 10.9 Å². The summed E-state index contributed by atoms with van der Waals surface area (Å²) in [4.78, 5) is 26.0. The van der Waals surface area contributed by atoms with Crippen LogP contribution in [0.5, 0.6) is 0 Å². The lowest BCUT2D eigenvalue weighted by Gasteiger charge is -2.17. The molecular formula is C25H33N3O3Si. The van der Waals surface area contributed by atoms with E-state index in [1.54, 1.807) is 28.4 Å². The molecule has 3 rings (SSSR count). The number of nitrogens with zero attached hydrogens (tertiary/aromatic N) is 2. The van der Waals surface area contributed by atoms with E-state index in [4.69, 9.17) is 4.74 Å². The maximum atomic E-state index is 13.2. The fraction of sp³-hybridized carbons (Fsp3) is 0.360. The normalized spacial score (nSPS) is 11.7. The zero-order chi connectivity index (χ0) is 23.5. The third-order valence-corrected chi connectivity index (χ3v) is 7.17. The second-order valence-electron chi connectivity index (χ2n) is 9.23. The highest BCUT2D eigenvalue weighted by Crippen LogP contribution is 2.29. The van der Waals surface area contributed by atoms with Gasteiger partial charge in [0.2, 0.25) is 0 Å². The predicted octanol–water partition coefficient (Wildman–Crippen LogP) is 4.46. The van der Waals surface area contributed by atoms with Crippen LogP contribution in [-0.4, -0.2) is 36.3 Å². The number of hydrogen-bond donors (Lipinski definition) is 1. The monoisotopic (exact) mass is 451 g/mol. The Morgan fingerprint density at radius 1 is 1.19 bits per heavy atom. The summed E-state index contributed by atoms with van der Waals surface area (Å²) in [6, 6.07) is 12.6. The molecule has 0 aliphatic carbocycles. The summed E-state index contributed by atoms with van der Waals surface area (Å²) in [6.07, 6.45) is 1.79. The molecule has 2 aromatic heterocycles. The van der Waals surface area contributed by atoms with Crippen LogP contribution in [-0.2, 0) is 18.5 Å². The van der Waals surface area contributed by atoms with Gasteiger partial charge in [-0.05, 0) is 30.2 Å². The Morgan fingerprint density at radius 2 is 1.88 bits per heavy atom. The SMILES string of the molecule is C=C(c1ccccc1)c1cn(C)c(=O)c2c1cc(C(=O)NCC)n2COCC[Si](C)(C)C. The van der Waals surface area contributed by atoms with Crippen molar-refractivity contribution < 1.29 is 9.53 Å². The van der Waals surface area contributed by atoms with E-state index < -0.39 is 8.07 Å². The second-order valence-corrected chi connectivity index (χ2v) is 14.9. The van der Waals surface area contributed by atoms with E-state index in [1.165, 1.54) is 0 Å². The fourth-order valence-corrected chi connectivity index (χ4v) is 4.37. The number of benzene rings is 1. The van der Waals surface area contributed by atoms with Gasteiger partial charge in [0, 0.05) is 45.4 Å². The first kappa shape index (κ1) is 23.8. The van der Waals surface area contributed by atoms with Crippen LogP contribution in [0.25, 0.3) is 16.5 Å². The average molecular weight is 452 g/mol. The highest BCUT2D eigenvalue weighted by molar-refractivity contribution is 6.76. The Balaban J connectivity index is 2.14. The molecule has 3 aromatic rings. The summed E-state index contributed by atoms with van der Waals surface area (Å²) < 4.78 is 9.21. The van der Waals surface area contributed by atoms with Gasteiger partial charge < -0.3 is 19.2 Å². The first-order valence-corrected chi connectivity index (χ1v) is 14.7. The maximum absolute atomic E-state index is 13.2. The van der Waals surface area contributed by atoms with Gasteiger partial charge in [-0.2, -0.15) is 0 Å². The number of fused-ring (bicyclic) bond motifs is 1. The highest BCUT2D eigenvalue weighted by atomic mass is 28.3. The molecule has 1 N–H and O–H groups in total. The van der Waals surface area contributed by atoms with E-state index in [0.29, 0.717) is 29.7 Å². The Hall–Kier alpha value is -2.90. The number of nitrogens with one attached hydrogen (secondary N) is 1. The van der Waals surface area contributed by atoms with Gasteiger partial charge in [0.05, 0.1) is 0 Å². The van der Waals surface area contributed by atoms with Gasteiger partial charge in [-0.25, -0.2) is 0 Å². The number of amides is 1. The highest BCUT2D eigenvalue weighted by Gasteiger charge is 2.22.